The van der Waals surface area contributed by atoms with Crippen LogP contribution < -0.4 is 5.32 Å². The van der Waals surface area contributed by atoms with Crippen LogP contribution in [0, 0.1) is 0 Å². The number of rotatable bonds is 2. The third-order valence-electron chi connectivity index (χ3n) is 2.30. The van der Waals surface area contributed by atoms with Crippen LogP contribution in [0.3, 0.4) is 0 Å². The maximum Gasteiger partial charge on any atom is 0.107 e. The highest BCUT2D eigenvalue weighted by Gasteiger charge is 2.15. The van der Waals surface area contributed by atoms with E-state index in [0.29, 0.717) is 6.04 Å². The van der Waals surface area contributed by atoms with Crippen molar-refractivity contribution < 1.29 is 0 Å². The summed E-state index contributed by atoms with van der Waals surface area (Å²) >= 11 is 1.74. The zero-order valence-electron chi connectivity index (χ0n) is 7.86. The molecule has 0 saturated carbocycles. The van der Waals surface area contributed by atoms with Crippen LogP contribution >= 0.6 is 11.3 Å². The van der Waals surface area contributed by atoms with Gasteiger partial charge in [0.15, 0.2) is 0 Å². The molecule has 3 nitrogen and oxygen atoms in total. The molecule has 1 aromatic heterocycles. The molecule has 1 aliphatic rings. The summed E-state index contributed by atoms with van der Waals surface area (Å²) in [6.45, 7) is 6.63. The molecule has 1 atom stereocenters. The van der Waals surface area contributed by atoms with Crippen molar-refractivity contribution in [2.45, 2.75) is 19.5 Å². The third kappa shape index (κ3) is 2.49. The summed E-state index contributed by atoms with van der Waals surface area (Å²) in [4.78, 5) is 6.75. The van der Waals surface area contributed by atoms with E-state index < -0.39 is 0 Å². The average Bonchev–Trinajstić information content (AvgIpc) is 2.57. The first-order chi connectivity index (χ1) is 6.34. The first-order valence-electron chi connectivity index (χ1n) is 4.69. The predicted molar refractivity (Wildman–Crippen MR) is 54.9 cm³/mol. The highest BCUT2D eigenvalue weighted by atomic mass is 32.1. The first kappa shape index (κ1) is 9.12. The van der Waals surface area contributed by atoms with Crippen LogP contribution in [0.5, 0.6) is 0 Å². The summed E-state index contributed by atoms with van der Waals surface area (Å²) in [5, 5.41) is 6.71. The van der Waals surface area contributed by atoms with E-state index in [4.69, 9.17) is 0 Å². The zero-order chi connectivity index (χ0) is 9.10. The minimum Gasteiger partial charge on any atom is -0.312 e. The Hall–Kier alpha value is -0.450. The van der Waals surface area contributed by atoms with Crippen molar-refractivity contribution >= 4 is 11.3 Å². The molecule has 0 aliphatic carbocycles. The number of piperazine rings is 1. The Morgan fingerprint density at radius 2 is 2.69 bits per heavy atom. The molecule has 0 aromatic carbocycles. The van der Waals surface area contributed by atoms with Crippen LogP contribution in [0.1, 0.15) is 11.9 Å². The van der Waals surface area contributed by atoms with Gasteiger partial charge in [-0.1, -0.05) is 0 Å². The van der Waals surface area contributed by atoms with Crippen molar-refractivity contribution in [3.8, 4) is 0 Å². The molecule has 1 aliphatic heterocycles. The molecule has 0 radical (unpaired) electrons. The predicted octanol–water partition coefficient (Wildman–Crippen LogP) is 0.937. The monoisotopic (exact) mass is 197 g/mol. The Labute approximate surface area is 82.8 Å². The molecule has 2 heterocycles. The quantitative estimate of drug-likeness (QED) is 0.764. The van der Waals surface area contributed by atoms with Crippen LogP contribution in [0.25, 0.3) is 0 Å². The maximum absolute atomic E-state index is 4.29. The molecule has 0 amide bonds. The fourth-order valence-electron chi connectivity index (χ4n) is 1.68. The van der Waals surface area contributed by atoms with Gasteiger partial charge in [-0.3, -0.25) is 4.90 Å². The van der Waals surface area contributed by atoms with Gasteiger partial charge in [-0.15, -0.1) is 11.3 Å². The molecule has 2 rings (SSSR count). The van der Waals surface area contributed by atoms with Gasteiger partial charge in [-0.05, 0) is 6.92 Å². The third-order valence-corrected chi connectivity index (χ3v) is 3.06. The van der Waals surface area contributed by atoms with Crippen molar-refractivity contribution in [1.82, 2.24) is 15.2 Å². The summed E-state index contributed by atoms with van der Waals surface area (Å²) in [5.41, 5.74) is 0. The highest BCUT2D eigenvalue weighted by molar-refractivity contribution is 7.09. The molecule has 13 heavy (non-hydrogen) atoms. The topological polar surface area (TPSA) is 28.2 Å². The molecule has 1 fully saturated rings. The normalized spacial score (nSPS) is 24.8. The smallest absolute Gasteiger partial charge is 0.107 e. The summed E-state index contributed by atoms with van der Waals surface area (Å²) < 4.78 is 0. The standard InChI is InChI=1S/C9H15N3S/c1-8-6-12(4-2-10-8)7-9-11-3-5-13-9/h3,5,8,10H,2,4,6-7H2,1H3/t8-/m1/s1. The van der Waals surface area contributed by atoms with E-state index in [1.54, 1.807) is 11.3 Å². The number of thiazole rings is 1. The minimum absolute atomic E-state index is 0.619. The van der Waals surface area contributed by atoms with E-state index in [2.05, 4.69) is 22.1 Å². The van der Waals surface area contributed by atoms with Crippen LogP contribution in [-0.2, 0) is 6.54 Å². The van der Waals surface area contributed by atoms with Crippen molar-refractivity contribution in [3.05, 3.63) is 16.6 Å². The van der Waals surface area contributed by atoms with Gasteiger partial charge in [0, 0.05) is 37.3 Å². The Kier molecular flexibility index (Phi) is 2.93. The lowest BCUT2D eigenvalue weighted by Crippen LogP contribution is -2.48. The molecule has 0 unspecified atom stereocenters. The second-order valence-corrected chi connectivity index (χ2v) is 4.50. The summed E-state index contributed by atoms with van der Waals surface area (Å²) in [6, 6.07) is 0.619. The lowest BCUT2D eigenvalue weighted by molar-refractivity contribution is 0.199. The van der Waals surface area contributed by atoms with Gasteiger partial charge in [-0.2, -0.15) is 0 Å². The first-order valence-corrected chi connectivity index (χ1v) is 5.56. The number of hydrogen-bond acceptors (Lipinski definition) is 4. The van der Waals surface area contributed by atoms with Crippen molar-refractivity contribution in [2.24, 2.45) is 0 Å². The van der Waals surface area contributed by atoms with Gasteiger partial charge in [0.1, 0.15) is 5.01 Å². The van der Waals surface area contributed by atoms with Gasteiger partial charge < -0.3 is 5.32 Å². The zero-order valence-corrected chi connectivity index (χ0v) is 8.68. The van der Waals surface area contributed by atoms with Crippen molar-refractivity contribution in [3.63, 3.8) is 0 Å². The molecule has 4 heteroatoms. The molecule has 72 valence electrons. The van der Waals surface area contributed by atoms with Crippen LogP contribution in [0.15, 0.2) is 11.6 Å². The highest BCUT2D eigenvalue weighted by Crippen LogP contribution is 2.09. The van der Waals surface area contributed by atoms with E-state index in [-0.39, 0.29) is 0 Å². The van der Waals surface area contributed by atoms with Gasteiger partial charge in [0.05, 0.1) is 6.54 Å². The number of nitrogens with one attached hydrogen (secondary N) is 1. The van der Waals surface area contributed by atoms with Crippen LogP contribution in [0.4, 0.5) is 0 Å². The lowest BCUT2D eigenvalue weighted by Gasteiger charge is -2.30. The van der Waals surface area contributed by atoms with Crippen molar-refractivity contribution in [2.75, 3.05) is 19.6 Å². The average molecular weight is 197 g/mol. The van der Waals surface area contributed by atoms with Crippen molar-refractivity contribution in [1.29, 1.82) is 0 Å². The van der Waals surface area contributed by atoms with Gasteiger partial charge in [-0.25, -0.2) is 4.98 Å². The number of nitrogens with zero attached hydrogens (tertiary/aromatic N) is 2. The number of hydrogen-bond donors (Lipinski definition) is 1. The van der Waals surface area contributed by atoms with Gasteiger partial charge in [0.25, 0.3) is 0 Å². The second-order valence-electron chi connectivity index (χ2n) is 3.52. The SMILES string of the molecule is C[C@@H]1CN(Cc2nccs2)CCN1. The van der Waals surface area contributed by atoms with Crippen LogP contribution in [-0.4, -0.2) is 35.6 Å². The largest absolute Gasteiger partial charge is 0.312 e. The lowest BCUT2D eigenvalue weighted by atomic mass is 10.2. The number of aromatic nitrogens is 1. The van der Waals surface area contributed by atoms with E-state index in [1.807, 2.05) is 11.6 Å². The fraction of sp³-hybridized carbons (Fsp3) is 0.667. The molecule has 0 spiro atoms. The summed E-state index contributed by atoms with van der Waals surface area (Å²) in [6.07, 6.45) is 1.88. The fourth-order valence-corrected chi connectivity index (χ4v) is 2.34. The Balaban J connectivity index is 1.87. The Morgan fingerprint density at radius 3 is 3.38 bits per heavy atom. The summed E-state index contributed by atoms with van der Waals surface area (Å²) in [5.74, 6) is 0. The van der Waals surface area contributed by atoms with Crippen LogP contribution in [0.2, 0.25) is 0 Å². The van der Waals surface area contributed by atoms with Gasteiger partial charge in [0.2, 0.25) is 0 Å². The Morgan fingerprint density at radius 1 is 1.77 bits per heavy atom. The van der Waals surface area contributed by atoms with E-state index >= 15 is 0 Å². The molecule has 1 aromatic rings. The summed E-state index contributed by atoms with van der Waals surface area (Å²) in [7, 11) is 0. The molecular weight excluding hydrogens is 182 g/mol. The van der Waals surface area contributed by atoms with E-state index in [1.165, 1.54) is 5.01 Å². The molecular formula is C9H15N3S. The van der Waals surface area contributed by atoms with E-state index in [0.717, 1.165) is 26.2 Å². The minimum atomic E-state index is 0.619. The second kappa shape index (κ2) is 4.17. The molecule has 1 N–H and O–H groups in total. The Bertz CT molecular complexity index is 247. The molecule has 0 bridgehead atoms. The van der Waals surface area contributed by atoms with E-state index in [9.17, 15) is 0 Å². The molecule has 1 saturated heterocycles. The maximum atomic E-state index is 4.29. The van der Waals surface area contributed by atoms with Gasteiger partial charge >= 0.3 is 0 Å².